The van der Waals surface area contributed by atoms with Crippen molar-refractivity contribution in [1.82, 2.24) is 0 Å². The molecule has 0 aliphatic heterocycles. The predicted octanol–water partition coefficient (Wildman–Crippen LogP) is 5.80. The van der Waals surface area contributed by atoms with Crippen molar-refractivity contribution >= 4 is 35.0 Å². The molecule has 0 saturated heterocycles. The Morgan fingerprint density at radius 2 is 1.54 bits per heavy atom. The van der Waals surface area contributed by atoms with Crippen molar-refractivity contribution in [1.29, 1.82) is 0 Å². The maximum atomic E-state index is 12.6. The number of nitrogens with one attached hydrogen (secondary N) is 2. The van der Waals surface area contributed by atoms with Crippen LogP contribution in [-0.2, 0) is 9.59 Å². The third-order valence-corrected chi connectivity index (χ3v) is 5.35. The summed E-state index contributed by atoms with van der Waals surface area (Å²) >= 11 is 1.50. The van der Waals surface area contributed by atoms with Gasteiger partial charge in [-0.15, -0.1) is 11.8 Å². The molecule has 0 fully saturated rings. The molecule has 2 N–H and O–H groups in total. The fraction of sp³-hybridized carbons (Fsp3) is 0.391. The molecular formula is C23H30N2O2S. The molecular weight excluding hydrogens is 368 g/mol. The maximum Gasteiger partial charge on any atom is 0.237 e. The number of thioether (sulfide) groups is 1. The second-order valence-corrected chi connectivity index (χ2v) is 9.74. The van der Waals surface area contributed by atoms with Crippen molar-refractivity contribution in [2.45, 2.75) is 58.1 Å². The monoisotopic (exact) mass is 398 g/mol. The standard InChI is InChI=1S/C23H30N2O2S/c1-15-8-7-9-16(2)21(15)25-22(27)17(3)28-19-12-10-18(11-13-19)24-20(26)14-23(4,5)6/h7-13,17H,14H2,1-6H3,(H,24,26)(H,25,27). The Kier molecular flexibility index (Phi) is 7.30. The Balaban J connectivity index is 1.94. The van der Waals surface area contributed by atoms with Gasteiger partial charge >= 0.3 is 0 Å². The zero-order valence-electron chi connectivity index (χ0n) is 17.6. The van der Waals surface area contributed by atoms with Gasteiger partial charge in [0, 0.05) is 22.7 Å². The van der Waals surface area contributed by atoms with Crippen molar-refractivity contribution < 1.29 is 9.59 Å². The lowest BCUT2D eigenvalue weighted by molar-refractivity contribution is -0.118. The minimum atomic E-state index is -0.236. The first-order chi connectivity index (χ1) is 13.0. The topological polar surface area (TPSA) is 58.2 Å². The quantitative estimate of drug-likeness (QED) is 0.605. The molecule has 1 unspecified atom stereocenters. The minimum absolute atomic E-state index is 0.00856. The molecule has 2 rings (SSSR count). The van der Waals surface area contributed by atoms with E-state index in [0.29, 0.717) is 6.42 Å². The lowest BCUT2D eigenvalue weighted by atomic mass is 9.92. The third-order valence-electron chi connectivity index (χ3n) is 4.24. The lowest BCUT2D eigenvalue weighted by Gasteiger charge is -2.17. The number of amides is 2. The van der Waals surface area contributed by atoms with Crippen molar-refractivity contribution in [2.75, 3.05) is 10.6 Å². The summed E-state index contributed by atoms with van der Waals surface area (Å²) in [6, 6.07) is 13.6. The first-order valence-corrected chi connectivity index (χ1v) is 10.4. The van der Waals surface area contributed by atoms with E-state index < -0.39 is 0 Å². The van der Waals surface area contributed by atoms with Crippen LogP contribution in [-0.4, -0.2) is 17.1 Å². The fourth-order valence-corrected chi connectivity index (χ4v) is 3.67. The number of carbonyl (C=O) groups is 2. The molecule has 4 nitrogen and oxygen atoms in total. The summed E-state index contributed by atoms with van der Waals surface area (Å²) in [7, 11) is 0. The summed E-state index contributed by atoms with van der Waals surface area (Å²) in [4.78, 5) is 25.6. The van der Waals surface area contributed by atoms with E-state index >= 15 is 0 Å². The molecule has 0 saturated carbocycles. The van der Waals surface area contributed by atoms with Crippen molar-refractivity contribution in [3.63, 3.8) is 0 Å². The Labute approximate surface area is 172 Å². The molecule has 0 spiro atoms. The number of rotatable bonds is 6. The zero-order valence-corrected chi connectivity index (χ0v) is 18.4. The summed E-state index contributed by atoms with van der Waals surface area (Å²) in [6.07, 6.45) is 0.471. The number of para-hydroxylation sites is 1. The fourth-order valence-electron chi connectivity index (χ4n) is 2.80. The van der Waals surface area contributed by atoms with E-state index in [4.69, 9.17) is 0 Å². The van der Waals surface area contributed by atoms with E-state index in [0.717, 1.165) is 27.4 Å². The highest BCUT2D eigenvalue weighted by atomic mass is 32.2. The van der Waals surface area contributed by atoms with Gasteiger partial charge in [0.05, 0.1) is 5.25 Å². The summed E-state index contributed by atoms with van der Waals surface area (Å²) in [5.41, 5.74) is 3.72. The molecule has 0 aliphatic carbocycles. The summed E-state index contributed by atoms with van der Waals surface area (Å²) < 4.78 is 0. The van der Waals surface area contributed by atoms with Crippen molar-refractivity contribution in [3.8, 4) is 0 Å². The van der Waals surface area contributed by atoms with E-state index in [1.807, 2.05) is 84.0 Å². The number of hydrogen-bond acceptors (Lipinski definition) is 3. The van der Waals surface area contributed by atoms with Crippen molar-refractivity contribution in [3.05, 3.63) is 53.6 Å². The van der Waals surface area contributed by atoms with E-state index in [9.17, 15) is 9.59 Å². The SMILES string of the molecule is Cc1cccc(C)c1NC(=O)C(C)Sc1ccc(NC(=O)CC(C)(C)C)cc1. The molecule has 2 aromatic carbocycles. The molecule has 0 radical (unpaired) electrons. The van der Waals surface area contributed by atoms with Crippen LogP contribution in [0.5, 0.6) is 0 Å². The van der Waals surface area contributed by atoms with Gasteiger partial charge in [-0.25, -0.2) is 0 Å². The first-order valence-electron chi connectivity index (χ1n) is 9.49. The normalized spacial score (nSPS) is 12.4. The summed E-state index contributed by atoms with van der Waals surface area (Å²) in [5, 5.41) is 5.72. The Morgan fingerprint density at radius 3 is 2.07 bits per heavy atom. The third kappa shape index (κ3) is 6.71. The van der Waals surface area contributed by atoms with Crippen LogP contribution in [0.3, 0.4) is 0 Å². The van der Waals surface area contributed by atoms with E-state index in [1.165, 1.54) is 11.8 Å². The van der Waals surface area contributed by atoms with Crippen LogP contribution < -0.4 is 10.6 Å². The second kappa shape index (κ2) is 9.28. The summed E-state index contributed by atoms with van der Waals surface area (Å²) in [6.45, 7) is 12.0. The van der Waals surface area contributed by atoms with E-state index in [2.05, 4.69) is 10.6 Å². The number of hydrogen-bond donors (Lipinski definition) is 2. The van der Waals surface area contributed by atoms with Gasteiger partial charge in [-0.2, -0.15) is 0 Å². The van der Waals surface area contributed by atoms with Crippen LogP contribution in [0, 0.1) is 19.3 Å². The highest BCUT2D eigenvalue weighted by molar-refractivity contribution is 8.00. The minimum Gasteiger partial charge on any atom is -0.326 e. The predicted molar refractivity (Wildman–Crippen MR) is 119 cm³/mol. The van der Waals surface area contributed by atoms with Crippen molar-refractivity contribution in [2.24, 2.45) is 5.41 Å². The van der Waals surface area contributed by atoms with Crippen LogP contribution in [0.4, 0.5) is 11.4 Å². The van der Waals surface area contributed by atoms with Crippen LogP contribution >= 0.6 is 11.8 Å². The van der Waals surface area contributed by atoms with Gasteiger partial charge in [-0.3, -0.25) is 9.59 Å². The smallest absolute Gasteiger partial charge is 0.237 e. The van der Waals surface area contributed by atoms with Crippen LogP contribution in [0.1, 0.15) is 45.2 Å². The molecule has 0 aliphatic rings. The maximum absolute atomic E-state index is 12.6. The van der Waals surface area contributed by atoms with E-state index in [-0.39, 0.29) is 22.5 Å². The number of aryl methyl sites for hydroxylation is 2. The lowest BCUT2D eigenvalue weighted by Crippen LogP contribution is -2.23. The molecule has 0 aromatic heterocycles. The molecule has 0 bridgehead atoms. The van der Waals surface area contributed by atoms with Gasteiger partial charge in [0.15, 0.2) is 0 Å². The largest absolute Gasteiger partial charge is 0.326 e. The van der Waals surface area contributed by atoms with Crippen LogP contribution in [0.25, 0.3) is 0 Å². The van der Waals surface area contributed by atoms with Gasteiger partial charge in [0.2, 0.25) is 11.8 Å². The van der Waals surface area contributed by atoms with Gasteiger partial charge in [-0.1, -0.05) is 39.0 Å². The number of anilines is 2. The molecule has 2 amide bonds. The zero-order chi connectivity index (χ0) is 20.9. The highest BCUT2D eigenvalue weighted by Gasteiger charge is 2.17. The van der Waals surface area contributed by atoms with Crippen LogP contribution in [0.2, 0.25) is 0 Å². The molecule has 2 aromatic rings. The average molecular weight is 399 g/mol. The summed E-state index contributed by atoms with van der Waals surface area (Å²) in [5.74, 6) is -0.0146. The van der Waals surface area contributed by atoms with Gasteiger partial charge in [0.1, 0.15) is 0 Å². The van der Waals surface area contributed by atoms with Gasteiger partial charge in [0.25, 0.3) is 0 Å². The number of carbonyl (C=O) groups excluding carboxylic acids is 2. The molecule has 1 atom stereocenters. The van der Waals surface area contributed by atoms with E-state index in [1.54, 1.807) is 0 Å². The molecule has 0 heterocycles. The second-order valence-electron chi connectivity index (χ2n) is 8.33. The Morgan fingerprint density at radius 1 is 0.964 bits per heavy atom. The molecule has 150 valence electrons. The molecule has 5 heteroatoms. The van der Waals surface area contributed by atoms with Gasteiger partial charge in [-0.05, 0) is 61.6 Å². The Hall–Kier alpha value is -2.27. The average Bonchev–Trinajstić information content (AvgIpc) is 2.58. The van der Waals surface area contributed by atoms with Gasteiger partial charge < -0.3 is 10.6 Å². The highest BCUT2D eigenvalue weighted by Crippen LogP contribution is 2.27. The van der Waals surface area contributed by atoms with Crippen LogP contribution in [0.15, 0.2) is 47.4 Å². The first kappa shape index (κ1) is 22.0. The molecule has 28 heavy (non-hydrogen) atoms. The Bertz CT molecular complexity index is 818. The number of benzene rings is 2.